The summed E-state index contributed by atoms with van der Waals surface area (Å²) >= 11 is 0. The number of H-pyrrole nitrogens is 1. The van der Waals surface area contributed by atoms with Crippen LogP contribution in [-0.4, -0.2) is 16.5 Å². The van der Waals surface area contributed by atoms with E-state index in [1.165, 1.54) is 16.7 Å². The average Bonchev–Trinajstić information content (AvgIpc) is 3.16. The van der Waals surface area contributed by atoms with Gasteiger partial charge in [-0.25, -0.2) is 4.98 Å². The Morgan fingerprint density at radius 3 is 2.72 bits per heavy atom. The highest BCUT2D eigenvalue weighted by Crippen LogP contribution is 2.19. The van der Waals surface area contributed by atoms with Crippen LogP contribution in [0.4, 0.5) is 0 Å². The molecule has 4 aromatic rings. The van der Waals surface area contributed by atoms with Crippen molar-refractivity contribution < 1.29 is 4.74 Å². The molecule has 3 aromatic carbocycles. The lowest BCUT2D eigenvalue weighted by molar-refractivity contribution is 0.302. The molecule has 0 aliphatic carbocycles. The first-order valence-corrected chi connectivity index (χ1v) is 10.2. The molecule has 148 valence electrons. The molecule has 4 rings (SSSR count). The van der Waals surface area contributed by atoms with Gasteiger partial charge in [0, 0.05) is 18.5 Å². The van der Waals surface area contributed by atoms with Gasteiger partial charge in [-0.05, 0) is 43.7 Å². The molecular weight excluding hydrogens is 358 g/mol. The summed E-state index contributed by atoms with van der Waals surface area (Å²) in [6.07, 6.45) is 1.97. The van der Waals surface area contributed by atoms with E-state index in [2.05, 4.69) is 64.7 Å². The van der Waals surface area contributed by atoms with Crippen LogP contribution < -0.4 is 10.1 Å². The number of aryl methyl sites for hydroxylation is 2. The topological polar surface area (TPSA) is 49.9 Å². The Morgan fingerprint density at radius 2 is 1.83 bits per heavy atom. The largest absolute Gasteiger partial charge is 0.489 e. The lowest BCUT2D eigenvalue weighted by Crippen LogP contribution is -2.16. The van der Waals surface area contributed by atoms with Gasteiger partial charge < -0.3 is 15.0 Å². The third-order valence-corrected chi connectivity index (χ3v) is 4.97. The van der Waals surface area contributed by atoms with Crippen LogP contribution in [0.2, 0.25) is 0 Å². The fourth-order valence-electron chi connectivity index (χ4n) is 3.48. The number of nitrogens with one attached hydrogen (secondary N) is 2. The summed E-state index contributed by atoms with van der Waals surface area (Å²) in [7, 11) is 0. The highest BCUT2D eigenvalue weighted by atomic mass is 16.5. The molecule has 1 aromatic heterocycles. The maximum Gasteiger partial charge on any atom is 0.124 e. The van der Waals surface area contributed by atoms with Crippen LogP contribution in [0.5, 0.6) is 5.75 Å². The Balaban J connectivity index is 1.25. The lowest BCUT2D eigenvalue weighted by atomic mass is 10.1. The van der Waals surface area contributed by atoms with Crippen LogP contribution in [0.1, 0.15) is 28.9 Å². The number of fused-ring (bicyclic) bond motifs is 1. The van der Waals surface area contributed by atoms with Gasteiger partial charge in [-0.3, -0.25) is 0 Å². The van der Waals surface area contributed by atoms with Crippen molar-refractivity contribution in [3.63, 3.8) is 0 Å². The number of aromatic nitrogens is 2. The van der Waals surface area contributed by atoms with Crippen LogP contribution in [0.25, 0.3) is 11.0 Å². The SMILES string of the molecule is Cc1cccc(COc2ccccc2CNCCCc2nc3ccccc3[nH]2)c1. The molecular formula is C25H27N3O. The number of para-hydroxylation sites is 3. The minimum Gasteiger partial charge on any atom is -0.489 e. The molecule has 0 bridgehead atoms. The van der Waals surface area contributed by atoms with Gasteiger partial charge in [-0.1, -0.05) is 60.2 Å². The summed E-state index contributed by atoms with van der Waals surface area (Å²) in [5, 5.41) is 3.53. The molecule has 0 unspecified atom stereocenters. The zero-order chi connectivity index (χ0) is 19.9. The van der Waals surface area contributed by atoms with Gasteiger partial charge in [-0.2, -0.15) is 0 Å². The van der Waals surface area contributed by atoms with E-state index in [0.29, 0.717) is 6.61 Å². The van der Waals surface area contributed by atoms with Gasteiger partial charge in [0.1, 0.15) is 18.2 Å². The first-order valence-electron chi connectivity index (χ1n) is 10.2. The number of hydrogen-bond acceptors (Lipinski definition) is 3. The molecule has 2 N–H and O–H groups in total. The number of aromatic amines is 1. The maximum atomic E-state index is 6.08. The number of benzene rings is 3. The molecule has 0 spiro atoms. The zero-order valence-electron chi connectivity index (χ0n) is 16.8. The zero-order valence-corrected chi connectivity index (χ0v) is 16.8. The summed E-state index contributed by atoms with van der Waals surface area (Å²) in [5.41, 5.74) is 5.78. The van der Waals surface area contributed by atoms with E-state index in [4.69, 9.17) is 4.74 Å². The van der Waals surface area contributed by atoms with Crippen molar-refractivity contribution in [1.82, 2.24) is 15.3 Å². The highest BCUT2D eigenvalue weighted by Gasteiger charge is 2.05. The van der Waals surface area contributed by atoms with E-state index in [-0.39, 0.29) is 0 Å². The average molecular weight is 386 g/mol. The molecule has 0 aliphatic rings. The summed E-state index contributed by atoms with van der Waals surface area (Å²) < 4.78 is 6.08. The van der Waals surface area contributed by atoms with Crippen molar-refractivity contribution in [2.24, 2.45) is 0 Å². The lowest BCUT2D eigenvalue weighted by Gasteiger charge is -2.12. The number of ether oxygens (including phenoxy) is 1. The minimum absolute atomic E-state index is 0.588. The Bertz CT molecular complexity index is 1040. The van der Waals surface area contributed by atoms with Gasteiger partial charge >= 0.3 is 0 Å². The molecule has 0 aliphatic heterocycles. The molecule has 29 heavy (non-hydrogen) atoms. The van der Waals surface area contributed by atoms with E-state index in [9.17, 15) is 0 Å². The van der Waals surface area contributed by atoms with Crippen molar-refractivity contribution in [3.8, 4) is 5.75 Å². The predicted molar refractivity (Wildman–Crippen MR) is 118 cm³/mol. The summed E-state index contributed by atoms with van der Waals surface area (Å²) in [6, 6.07) is 24.9. The standard InChI is InChI=1S/C25H27N3O/c1-19-8-6-9-20(16-19)18-29-24-13-5-2-10-21(24)17-26-15-7-14-25-27-22-11-3-4-12-23(22)28-25/h2-6,8-13,16,26H,7,14-15,17-18H2,1H3,(H,27,28). The van der Waals surface area contributed by atoms with Crippen molar-refractivity contribution in [2.75, 3.05) is 6.54 Å². The van der Waals surface area contributed by atoms with Gasteiger partial charge in [0.15, 0.2) is 0 Å². The van der Waals surface area contributed by atoms with E-state index < -0.39 is 0 Å². The second kappa shape index (κ2) is 9.39. The molecule has 4 nitrogen and oxygen atoms in total. The third kappa shape index (κ3) is 5.24. The van der Waals surface area contributed by atoms with Gasteiger partial charge in [0.25, 0.3) is 0 Å². The fraction of sp³-hybridized carbons (Fsp3) is 0.240. The minimum atomic E-state index is 0.588. The Morgan fingerprint density at radius 1 is 0.966 bits per heavy atom. The smallest absolute Gasteiger partial charge is 0.124 e. The first-order chi connectivity index (χ1) is 14.3. The Kier molecular flexibility index (Phi) is 6.22. The number of nitrogens with zero attached hydrogens (tertiary/aromatic N) is 1. The fourth-order valence-corrected chi connectivity index (χ4v) is 3.48. The van der Waals surface area contributed by atoms with Crippen molar-refractivity contribution in [2.45, 2.75) is 32.9 Å². The van der Waals surface area contributed by atoms with Gasteiger partial charge in [0.2, 0.25) is 0 Å². The van der Waals surface area contributed by atoms with Crippen LogP contribution in [-0.2, 0) is 19.6 Å². The Labute approximate surface area is 172 Å². The van der Waals surface area contributed by atoms with Crippen LogP contribution in [0, 0.1) is 6.92 Å². The molecule has 0 fully saturated rings. The van der Waals surface area contributed by atoms with Crippen LogP contribution in [0.3, 0.4) is 0 Å². The normalized spacial score (nSPS) is 11.1. The van der Waals surface area contributed by atoms with Crippen LogP contribution in [0.15, 0.2) is 72.8 Å². The van der Waals surface area contributed by atoms with Crippen molar-refractivity contribution in [1.29, 1.82) is 0 Å². The molecule has 1 heterocycles. The summed E-state index contributed by atoms with van der Waals surface area (Å²) in [4.78, 5) is 8.03. The predicted octanol–water partition coefficient (Wildman–Crippen LogP) is 5.17. The molecule has 0 radical (unpaired) electrons. The third-order valence-electron chi connectivity index (χ3n) is 4.97. The number of imidazole rings is 1. The van der Waals surface area contributed by atoms with Gasteiger partial charge in [0.05, 0.1) is 11.0 Å². The highest BCUT2D eigenvalue weighted by molar-refractivity contribution is 5.74. The van der Waals surface area contributed by atoms with Crippen molar-refractivity contribution in [3.05, 3.63) is 95.3 Å². The van der Waals surface area contributed by atoms with E-state index in [1.54, 1.807) is 0 Å². The monoisotopic (exact) mass is 385 g/mol. The number of hydrogen-bond donors (Lipinski definition) is 2. The quantitative estimate of drug-likeness (QED) is 0.391. The second-order valence-corrected chi connectivity index (χ2v) is 7.37. The second-order valence-electron chi connectivity index (χ2n) is 7.37. The van der Waals surface area contributed by atoms with Crippen LogP contribution >= 0.6 is 0 Å². The molecule has 0 saturated heterocycles. The molecule has 0 saturated carbocycles. The summed E-state index contributed by atoms with van der Waals surface area (Å²) in [5.74, 6) is 1.99. The molecule has 0 amide bonds. The van der Waals surface area contributed by atoms with Crippen molar-refractivity contribution >= 4 is 11.0 Å². The summed E-state index contributed by atoms with van der Waals surface area (Å²) in [6.45, 7) is 4.42. The maximum absolute atomic E-state index is 6.08. The van der Waals surface area contributed by atoms with E-state index >= 15 is 0 Å². The van der Waals surface area contributed by atoms with E-state index in [0.717, 1.165) is 48.5 Å². The Hall–Kier alpha value is -3.11. The first kappa shape index (κ1) is 19.2. The van der Waals surface area contributed by atoms with E-state index in [1.807, 2.05) is 30.3 Å². The van der Waals surface area contributed by atoms with Gasteiger partial charge in [-0.15, -0.1) is 0 Å². The molecule has 4 heteroatoms. The molecule has 0 atom stereocenters. The number of rotatable bonds is 9.